The summed E-state index contributed by atoms with van der Waals surface area (Å²) in [7, 11) is 5.92. The second-order valence-corrected chi connectivity index (χ2v) is 11.7. The lowest BCUT2D eigenvalue weighted by Gasteiger charge is -2.37. The molecule has 0 aromatic heterocycles. The lowest BCUT2D eigenvalue weighted by molar-refractivity contribution is -0.140. The van der Waals surface area contributed by atoms with Gasteiger partial charge in [0, 0.05) is 70.9 Å². The van der Waals surface area contributed by atoms with E-state index in [4.69, 9.17) is 23.2 Å². The number of piperazine rings is 1. The molecule has 2 fully saturated rings. The number of alkyl halides is 3. The van der Waals surface area contributed by atoms with E-state index in [0.717, 1.165) is 43.9 Å². The molecular weight excluding hydrogens is 569 g/mol. The monoisotopic (exact) mass is 603 g/mol. The van der Waals surface area contributed by atoms with Gasteiger partial charge in [-0.1, -0.05) is 35.3 Å². The Balaban J connectivity index is 1.49. The molecule has 0 radical (unpaired) electrons. The zero-order valence-electron chi connectivity index (χ0n) is 22.9. The molecule has 2 atom stereocenters. The molecule has 2 amide bonds. The number of benzene rings is 2. The first kappa shape index (κ1) is 30.8. The van der Waals surface area contributed by atoms with Crippen LogP contribution in [0.3, 0.4) is 0 Å². The maximum absolute atomic E-state index is 14.3. The van der Waals surface area contributed by atoms with Gasteiger partial charge in [0.1, 0.15) is 5.82 Å². The quantitative estimate of drug-likeness (QED) is 0.400. The number of nitrogens with zero attached hydrogens (tertiary/aromatic N) is 5. The first-order valence-corrected chi connectivity index (χ1v) is 14.0. The van der Waals surface area contributed by atoms with Gasteiger partial charge in [0.15, 0.2) is 0 Å². The summed E-state index contributed by atoms with van der Waals surface area (Å²) in [5.41, 5.74) is 0.0419. The summed E-state index contributed by atoms with van der Waals surface area (Å²) in [6.45, 7) is 5.91. The lowest BCUT2D eigenvalue weighted by Crippen LogP contribution is -2.53. The predicted octanol–water partition coefficient (Wildman–Crippen LogP) is 5.35. The number of hydrogen-bond acceptors (Lipinski definition) is 4. The highest BCUT2D eigenvalue weighted by Crippen LogP contribution is 2.36. The van der Waals surface area contributed by atoms with Crippen molar-refractivity contribution in [1.29, 1.82) is 0 Å². The highest BCUT2D eigenvalue weighted by Gasteiger charge is 2.40. The average molecular weight is 605 g/mol. The van der Waals surface area contributed by atoms with Crippen molar-refractivity contribution < 1.29 is 22.4 Å². The Morgan fingerprint density at radius 1 is 0.950 bits per heavy atom. The fourth-order valence-electron chi connectivity index (χ4n) is 5.46. The van der Waals surface area contributed by atoms with Crippen LogP contribution >= 0.6 is 23.2 Å². The number of halogens is 6. The predicted molar refractivity (Wildman–Crippen MR) is 149 cm³/mol. The van der Waals surface area contributed by atoms with Crippen molar-refractivity contribution >= 4 is 29.2 Å². The Hall–Kier alpha value is -2.11. The molecule has 0 aliphatic carbocycles. The fraction of sp³-hybridized carbons (Fsp3) is 0.536. The number of hydrogen-bond donors (Lipinski definition) is 0. The smallest absolute Gasteiger partial charge is 0.322 e. The van der Waals surface area contributed by atoms with Crippen LogP contribution in [0.15, 0.2) is 36.4 Å². The maximum atomic E-state index is 14.3. The average Bonchev–Trinajstić information content (AvgIpc) is 3.34. The Morgan fingerprint density at radius 2 is 1.65 bits per heavy atom. The molecule has 0 spiro atoms. The van der Waals surface area contributed by atoms with Crippen molar-refractivity contribution in [3.63, 3.8) is 0 Å². The van der Waals surface area contributed by atoms with Crippen LogP contribution in [0.5, 0.6) is 0 Å². The summed E-state index contributed by atoms with van der Waals surface area (Å²) in [6, 6.07) is 8.20. The molecule has 0 unspecified atom stereocenters. The van der Waals surface area contributed by atoms with Crippen LogP contribution in [0, 0.1) is 5.82 Å². The lowest BCUT2D eigenvalue weighted by atomic mass is 9.93. The van der Waals surface area contributed by atoms with Gasteiger partial charge < -0.3 is 14.7 Å². The van der Waals surface area contributed by atoms with E-state index >= 15 is 0 Å². The minimum Gasteiger partial charge on any atom is -0.322 e. The SMILES string of the molecule is CN(C)CCN1CCN(C(=O)N2C[C@@H](N(C)Cc3ccc(C(F)(F)F)c(F)c3)[C@H](c3ccc(Cl)c(Cl)c3)C2)CC1. The van der Waals surface area contributed by atoms with Crippen LogP contribution in [0.25, 0.3) is 0 Å². The minimum atomic E-state index is -4.75. The van der Waals surface area contributed by atoms with Crippen LogP contribution in [0.2, 0.25) is 10.0 Å². The number of carbonyl (C=O) groups is 1. The van der Waals surface area contributed by atoms with Crippen molar-refractivity contribution in [2.75, 3.05) is 73.5 Å². The Labute approximate surface area is 243 Å². The third-order valence-electron chi connectivity index (χ3n) is 7.77. The molecule has 12 heteroatoms. The molecule has 2 aromatic carbocycles. The van der Waals surface area contributed by atoms with E-state index in [1.807, 2.05) is 41.9 Å². The summed E-state index contributed by atoms with van der Waals surface area (Å²) in [5, 5.41) is 0.831. The molecule has 40 heavy (non-hydrogen) atoms. The number of amides is 2. The van der Waals surface area contributed by atoms with Gasteiger partial charge in [-0.15, -0.1) is 0 Å². The highest BCUT2D eigenvalue weighted by molar-refractivity contribution is 6.42. The molecule has 0 saturated carbocycles. The van der Waals surface area contributed by atoms with E-state index in [1.54, 1.807) is 12.1 Å². The molecular formula is C28H35Cl2F4N5O. The van der Waals surface area contributed by atoms with Gasteiger partial charge in [0.05, 0.1) is 15.6 Å². The van der Waals surface area contributed by atoms with Gasteiger partial charge in [-0.25, -0.2) is 9.18 Å². The maximum Gasteiger partial charge on any atom is 0.419 e. The largest absolute Gasteiger partial charge is 0.419 e. The second kappa shape index (κ2) is 12.8. The first-order valence-electron chi connectivity index (χ1n) is 13.2. The molecule has 2 aliphatic heterocycles. The third kappa shape index (κ3) is 7.39. The standard InChI is InChI=1S/C28H35Cl2F4N5O/c1-35(2)8-9-37-10-12-38(13-11-37)27(40)39-17-21(20-5-7-23(29)24(30)15-20)26(18-39)36(3)16-19-4-6-22(25(31)14-19)28(32,33)34/h4-7,14-15,21,26H,8-13,16-18H2,1-3H3/t21-,26+/m0/s1. The van der Waals surface area contributed by atoms with Crippen molar-refractivity contribution in [2.45, 2.75) is 24.7 Å². The van der Waals surface area contributed by atoms with Gasteiger partial charge in [0.2, 0.25) is 0 Å². The van der Waals surface area contributed by atoms with Crippen LogP contribution in [-0.2, 0) is 12.7 Å². The van der Waals surface area contributed by atoms with Gasteiger partial charge in [-0.2, -0.15) is 13.2 Å². The first-order chi connectivity index (χ1) is 18.8. The molecule has 0 N–H and O–H groups in total. The summed E-state index contributed by atoms with van der Waals surface area (Å²) >= 11 is 12.5. The molecule has 2 aliphatic rings. The molecule has 220 valence electrons. The van der Waals surface area contributed by atoms with Crippen LogP contribution in [-0.4, -0.2) is 110 Å². The van der Waals surface area contributed by atoms with Crippen molar-refractivity contribution in [3.05, 3.63) is 69.0 Å². The zero-order chi connectivity index (χ0) is 29.2. The van der Waals surface area contributed by atoms with E-state index < -0.39 is 17.6 Å². The number of carbonyl (C=O) groups excluding carboxylic acids is 1. The molecule has 0 bridgehead atoms. The Bertz CT molecular complexity index is 1190. The van der Waals surface area contributed by atoms with Crippen LogP contribution in [0.1, 0.15) is 22.6 Å². The van der Waals surface area contributed by atoms with Crippen molar-refractivity contribution in [1.82, 2.24) is 24.5 Å². The van der Waals surface area contributed by atoms with Crippen LogP contribution < -0.4 is 0 Å². The highest BCUT2D eigenvalue weighted by atomic mass is 35.5. The van der Waals surface area contributed by atoms with Gasteiger partial charge in [0.25, 0.3) is 0 Å². The topological polar surface area (TPSA) is 33.3 Å². The third-order valence-corrected chi connectivity index (χ3v) is 8.51. The fourth-order valence-corrected chi connectivity index (χ4v) is 5.76. The van der Waals surface area contributed by atoms with Crippen LogP contribution in [0.4, 0.5) is 22.4 Å². The number of rotatable bonds is 7. The van der Waals surface area contributed by atoms with Gasteiger partial charge in [-0.3, -0.25) is 9.80 Å². The van der Waals surface area contributed by atoms with Gasteiger partial charge >= 0.3 is 12.2 Å². The molecule has 2 heterocycles. The second-order valence-electron chi connectivity index (χ2n) is 10.9. The van der Waals surface area contributed by atoms with E-state index in [9.17, 15) is 22.4 Å². The van der Waals surface area contributed by atoms with E-state index in [1.165, 1.54) is 6.07 Å². The number of likely N-dealkylation sites (N-methyl/N-ethyl adjacent to an activating group) is 2. The normalized spacial score (nSPS) is 20.7. The van der Waals surface area contributed by atoms with Crippen molar-refractivity contribution in [3.8, 4) is 0 Å². The van der Waals surface area contributed by atoms with E-state index in [-0.39, 0.29) is 24.5 Å². The Kier molecular flexibility index (Phi) is 9.88. The molecule has 4 rings (SSSR count). The summed E-state index contributed by atoms with van der Waals surface area (Å²) in [4.78, 5) is 23.7. The Morgan fingerprint density at radius 3 is 2.25 bits per heavy atom. The molecule has 6 nitrogen and oxygen atoms in total. The van der Waals surface area contributed by atoms with E-state index in [0.29, 0.717) is 41.8 Å². The zero-order valence-corrected chi connectivity index (χ0v) is 24.4. The number of likely N-dealkylation sites (tertiary alicyclic amines) is 1. The van der Waals surface area contributed by atoms with Gasteiger partial charge in [-0.05, 0) is 56.5 Å². The molecule has 2 aromatic rings. The summed E-state index contributed by atoms with van der Waals surface area (Å²) < 4.78 is 53.4. The van der Waals surface area contributed by atoms with E-state index in [2.05, 4.69) is 9.80 Å². The summed E-state index contributed by atoms with van der Waals surface area (Å²) in [6.07, 6.45) is -4.75. The number of urea groups is 1. The molecule has 2 saturated heterocycles. The summed E-state index contributed by atoms with van der Waals surface area (Å²) in [5.74, 6) is -1.42. The minimum absolute atomic E-state index is 0.0335. The van der Waals surface area contributed by atoms with Crippen molar-refractivity contribution in [2.24, 2.45) is 0 Å².